The molecular weight excluding hydrogens is 245 g/mol. The van der Waals surface area contributed by atoms with Crippen molar-refractivity contribution in [2.45, 2.75) is 19.4 Å². The minimum absolute atomic E-state index is 0.0111. The fourth-order valence-electron chi connectivity index (χ4n) is 1.44. The number of benzene rings is 1. The Kier molecular flexibility index (Phi) is 5.04. The summed E-state index contributed by atoms with van der Waals surface area (Å²) in [5, 5.41) is 3.09. The van der Waals surface area contributed by atoms with Gasteiger partial charge in [-0.2, -0.15) is 8.42 Å². The van der Waals surface area contributed by atoms with E-state index in [-0.39, 0.29) is 17.6 Å². The highest BCUT2D eigenvalue weighted by Gasteiger charge is 2.06. The van der Waals surface area contributed by atoms with E-state index in [1.54, 1.807) is 12.1 Å². The van der Waals surface area contributed by atoms with Crippen molar-refractivity contribution < 1.29 is 17.4 Å². The maximum atomic E-state index is 12.7. The molecule has 0 radical (unpaired) electrons. The molecule has 0 heterocycles. The minimum atomic E-state index is -3.88. The van der Waals surface area contributed by atoms with Gasteiger partial charge in [-0.3, -0.25) is 4.55 Å². The molecule has 2 N–H and O–H groups in total. The lowest BCUT2D eigenvalue weighted by atomic mass is 10.1. The number of hydrogen-bond donors (Lipinski definition) is 2. The van der Waals surface area contributed by atoms with Gasteiger partial charge in [-0.1, -0.05) is 12.1 Å². The molecule has 17 heavy (non-hydrogen) atoms. The monoisotopic (exact) mass is 261 g/mol. The van der Waals surface area contributed by atoms with Crippen LogP contribution in [0.4, 0.5) is 4.39 Å². The summed E-state index contributed by atoms with van der Waals surface area (Å²) < 4.78 is 42.1. The maximum absolute atomic E-state index is 12.7. The molecule has 0 aliphatic carbocycles. The normalized spacial score (nSPS) is 13.6. The standard InChI is InChI=1S/C11H16FNO3S/c1-9(10-3-5-11(12)6-4-10)13-7-2-8-17(14,15)16/h3-6,9,13H,2,7-8H2,1H3,(H,14,15,16). The van der Waals surface area contributed by atoms with Crippen LogP contribution in [0.25, 0.3) is 0 Å². The molecule has 1 aromatic rings. The Morgan fingerprint density at radius 1 is 1.35 bits per heavy atom. The largest absolute Gasteiger partial charge is 0.310 e. The van der Waals surface area contributed by atoms with Crippen LogP contribution in [0.2, 0.25) is 0 Å². The van der Waals surface area contributed by atoms with Crippen LogP contribution in [0, 0.1) is 5.82 Å². The first-order chi connectivity index (χ1) is 7.88. The second-order valence-corrected chi connectivity index (χ2v) is 5.44. The van der Waals surface area contributed by atoms with E-state index >= 15 is 0 Å². The Labute approximate surface area is 101 Å². The van der Waals surface area contributed by atoms with Crippen molar-refractivity contribution in [3.63, 3.8) is 0 Å². The average molecular weight is 261 g/mol. The first-order valence-corrected chi connectivity index (χ1v) is 6.93. The van der Waals surface area contributed by atoms with Crippen LogP contribution in [0.5, 0.6) is 0 Å². The third-order valence-electron chi connectivity index (χ3n) is 2.40. The van der Waals surface area contributed by atoms with E-state index < -0.39 is 10.1 Å². The van der Waals surface area contributed by atoms with Crippen molar-refractivity contribution in [3.05, 3.63) is 35.6 Å². The second-order valence-electron chi connectivity index (χ2n) is 3.87. The quantitative estimate of drug-likeness (QED) is 0.605. The van der Waals surface area contributed by atoms with Gasteiger partial charge in [-0.25, -0.2) is 4.39 Å². The summed E-state index contributed by atoms with van der Waals surface area (Å²) in [4.78, 5) is 0. The van der Waals surface area contributed by atoms with Gasteiger partial charge in [-0.15, -0.1) is 0 Å². The van der Waals surface area contributed by atoms with Gasteiger partial charge >= 0.3 is 0 Å². The van der Waals surface area contributed by atoms with Crippen LogP contribution >= 0.6 is 0 Å². The summed E-state index contributed by atoms with van der Waals surface area (Å²) >= 11 is 0. The topological polar surface area (TPSA) is 66.4 Å². The number of rotatable bonds is 6. The zero-order chi connectivity index (χ0) is 12.9. The van der Waals surface area contributed by atoms with Crippen molar-refractivity contribution in [1.82, 2.24) is 5.32 Å². The lowest BCUT2D eigenvalue weighted by Crippen LogP contribution is -2.21. The van der Waals surface area contributed by atoms with Crippen molar-refractivity contribution in [1.29, 1.82) is 0 Å². The minimum Gasteiger partial charge on any atom is -0.310 e. The van der Waals surface area contributed by atoms with Gasteiger partial charge in [0.2, 0.25) is 0 Å². The molecule has 4 nitrogen and oxygen atoms in total. The number of nitrogens with one attached hydrogen (secondary N) is 1. The molecule has 6 heteroatoms. The summed E-state index contributed by atoms with van der Waals surface area (Å²) in [6.07, 6.45) is 0.338. The highest BCUT2D eigenvalue weighted by atomic mass is 32.2. The molecule has 1 rings (SSSR count). The third-order valence-corrected chi connectivity index (χ3v) is 3.20. The van der Waals surface area contributed by atoms with E-state index in [9.17, 15) is 12.8 Å². The highest BCUT2D eigenvalue weighted by Crippen LogP contribution is 2.12. The van der Waals surface area contributed by atoms with E-state index in [1.807, 2.05) is 6.92 Å². The Hall–Kier alpha value is -0.980. The Bertz CT molecular complexity index is 444. The maximum Gasteiger partial charge on any atom is 0.264 e. The first kappa shape index (κ1) is 14.1. The number of halogens is 1. The molecule has 0 fully saturated rings. The fourth-order valence-corrected chi connectivity index (χ4v) is 1.95. The fraction of sp³-hybridized carbons (Fsp3) is 0.455. The molecular formula is C11H16FNO3S. The predicted molar refractivity (Wildman–Crippen MR) is 63.9 cm³/mol. The van der Waals surface area contributed by atoms with Crippen LogP contribution in [0.3, 0.4) is 0 Å². The molecule has 0 aliphatic heterocycles. The Morgan fingerprint density at radius 2 is 1.94 bits per heavy atom. The molecule has 0 aliphatic rings. The van der Waals surface area contributed by atoms with Gasteiger partial charge in [0.1, 0.15) is 5.82 Å². The summed E-state index contributed by atoms with van der Waals surface area (Å²) in [5.74, 6) is -0.539. The van der Waals surface area contributed by atoms with E-state index in [0.29, 0.717) is 13.0 Å². The van der Waals surface area contributed by atoms with Crippen LogP contribution in [-0.4, -0.2) is 25.3 Å². The molecule has 1 aromatic carbocycles. The van der Waals surface area contributed by atoms with Gasteiger partial charge in [0.25, 0.3) is 10.1 Å². The Balaban J connectivity index is 2.35. The SMILES string of the molecule is CC(NCCCS(=O)(=O)O)c1ccc(F)cc1. The van der Waals surface area contributed by atoms with E-state index in [4.69, 9.17) is 4.55 Å². The number of hydrogen-bond acceptors (Lipinski definition) is 3. The zero-order valence-corrected chi connectivity index (χ0v) is 10.4. The van der Waals surface area contributed by atoms with Crippen molar-refractivity contribution >= 4 is 10.1 Å². The van der Waals surface area contributed by atoms with E-state index in [1.165, 1.54) is 12.1 Å². The van der Waals surface area contributed by atoms with Gasteiger partial charge in [0, 0.05) is 6.04 Å². The summed E-state index contributed by atoms with van der Waals surface area (Å²) in [6.45, 7) is 2.37. The molecule has 0 aromatic heterocycles. The van der Waals surface area contributed by atoms with Gasteiger partial charge in [0.05, 0.1) is 5.75 Å². The molecule has 0 saturated heterocycles. The van der Waals surface area contributed by atoms with Crippen LogP contribution in [-0.2, 0) is 10.1 Å². The summed E-state index contributed by atoms with van der Waals surface area (Å²) in [5.41, 5.74) is 0.929. The van der Waals surface area contributed by atoms with Gasteiger partial charge in [-0.05, 0) is 37.6 Å². The smallest absolute Gasteiger partial charge is 0.264 e. The molecule has 0 spiro atoms. The summed E-state index contributed by atoms with van der Waals surface area (Å²) in [6, 6.07) is 6.13. The molecule has 0 amide bonds. The molecule has 0 bridgehead atoms. The third kappa shape index (κ3) is 5.76. The second kappa shape index (κ2) is 6.09. The lowest BCUT2D eigenvalue weighted by Gasteiger charge is -2.13. The Morgan fingerprint density at radius 3 is 2.47 bits per heavy atom. The van der Waals surface area contributed by atoms with Gasteiger partial charge in [0.15, 0.2) is 0 Å². The molecule has 1 atom stereocenters. The molecule has 96 valence electrons. The zero-order valence-electron chi connectivity index (χ0n) is 9.56. The van der Waals surface area contributed by atoms with Crippen LogP contribution < -0.4 is 5.32 Å². The predicted octanol–water partition coefficient (Wildman–Crippen LogP) is 1.75. The van der Waals surface area contributed by atoms with E-state index in [2.05, 4.69) is 5.32 Å². The molecule has 1 unspecified atom stereocenters. The van der Waals surface area contributed by atoms with E-state index in [0.717, 1.165) is 5.56 Å². The van der Waals surface area contributed by atoms with Crippen molar-refractivity contribution in [3.8, 4) is 0 Å². The summed E-state index contributed by atoms with van der Waals surface area (Å²) in [7, 11) is -3.88. The highest BCUT2D eigenvalue weighted by molar-refractivity contribution is 7.85. The first-order valence-electron chi connectivity index (χ1n) is 5.32. The van der Waals surface area contributed by atoms with Crippen LogP contribution in [0.15, 0.2) is 24.3 Å². The average Bonchev–Trinajstić information content (AvgIpc) is 2.24. The van der Waals surface area contributed by atoms with Crippen molar-refractivity contribution in [2.24, 2.45) is 0 Å². The lowest BCUT2D eigenvalue weighted by molar-refractivity contribution is 0.477. The molecule has 0 saturated carbocycles. The van der Waals surface area contributed by atoms with Crippen LogP contribution in [0.1, 0.15) is 24.9 Å². The van der Waals surface area contributed by atoms with Gasteiger partial charge < -0.3 is 5.32 Å². The van der Waals surface area contributed by atoms with Crippen molar-refractivity contribution in [2.75, 3.05) is 12.3 Å².